The van der Waals surface area contributed by atoms with Gasteiger partial charge in [0.25, 0.3) is 0 Å². The first-order chi connectivity index (χ1) is 16.5. The zero-order valence-corrected chi connectivity index (χ0v) is 18.8. The zero-order chi connectivity index (χ0) is 23.4. The third-order valence-corrected chi connectivity index (χ3v) is 6.29. The van der Waals surface area contributed by atoms with E-state index in [0.717, 1.165) is 22.3 Å². The Morgan fingerprint density at radius 2 is 1.76 bits per heavy atom. The van der Waals surface area contributed by atoms with Crippen LogP contribution in [0.1, 0.15) is 11.1 Å². The number of hydrogen-bond donors (Lipinski definition) is 0. The first-order valence-corrected chi connectivity index (χ1v) is 11.1. The third kappa shape index (κ3) is 3.37. The zero-order valence-electron chi connectivity index (χ0n) is 18.1. The summed E-state index contributed by atoms with van der Waals surface area (Å²) in [5.74, 6) is 0.325. The molecule has 0 spiro atoms. The number of aryl methyl sites for hydroxylation is 1. The molecule has 0 saturated heterocycles. The number of benzene rings is 3. The molecule has 6 rings (SSSR count). The molecule has 34 heavy (non-hydrogen) atoms. The lowest BCUT2D eigenvalue weighted by atomic mass is 9.92. The highest BCUT2D eigenvalue weighted by atomic mass is 35.5. The fraction of sp³-hybridized carbons (Fsp3) is 0.0714. The smallest absolute Gasteiger partial charge is 0.200 e. The largest absolute Gasteiger partial charge is 0.488 e. The van der Waals surface area contributed by atoms with E-state index < -0.39 is 0 Å². The molecule has 3 heterocycles. The van der Waals surface area contributed by atoms with Gasteiger partial charge in [0.15, 0.2) is 0 Å². The summed E-state index contributed by atoms with van der Waals surface area (Å²) in [4.78, 5) is 18.5. The molecule has 0 N–H and O–H groups in total. The Labute approximate surface area is 199 Å². The van der Waals surface area contributed by atoms with Crippen molar-refractivity contribution in [2.45, 2.75) is 13.5 Å². The van der Waals surface area contributed by atoms with Gasteiger partial charge in [0.2, 0.25) is 5.43 Å². The molecular weight excluding hydrogens is 453 g/mol. The van der Waals surface area contributed by atoms with Crippen LogP contribution in [0.3, 0.4) is 0 Å². The average molecular weight is 470 g/mol. The van der Waals surface area contributed by atoms with Crippen molar-refractivity contribution >= 4 is 22.6 Å². The highest BCUT2D eigenvalue weighted by Crippen LogP contribution is 2.42. The molecule has 1 aliphatic rings. The van der Waals surface area contributed by atoms with Crippen molar-refractivity contribution in [2.24, 2.45) is 0 Å². The van der Waals surface area contributed by atoms with E-state index >= 15 is 0 Å². The second-order valence-corrected chi connectivity index (χ2v) is 8.73. The Hall–Kier alpha value is -3.96. The molecule has 2 aromatic heterocycles. The number of aromatic nitrogens is 1. The summed E-state index contributed by atoms with van der Waals surface area (Å²) in [6, 6.07) is 18.8. The van der Waals surface area contributed by atoms with Gasteiger partial charge in [0.05, 0.1) is 22.3 Å². The van der Waals surface area contributed by atoms with Gasteiger partial charge in [-0.3, -0.25) is 4.79 Å². The van der Waals surface area contributed by atoms with E-state index in [1.54, 1.807) is 36.4 Å². The number of hydrogen-bond acceptors (Lipinski definition) is 4. The molecule has 0 aliphatic carbocycles. The second-order valence-electron chi connectivity index (χ2n) is 8.30. The van der Waals surface area contributed by atoms with Crippen LogP contribution in [-0.2, 0) is 6.61 Å². The number of pyridine rings is 1. The number of halogens is 2. The van der Waals surface area contributed by atoms with Crippen LogP contribution in [-0.4, -0.2) is 4.98 Å². The molecule has 5 aromatic rings. The molecule has 0 radical (unpaired) electrons. The molecule has 0 amide bonds. The van der Waals surface area contributed by atoms with Gasteiger partial charge < -0.3 is 9.15 Å². The van der Waals surface area contributed by atoms with Crippen LogP contribution >= 0.6 is 11.6 Å². The summed E-state index contributed by atoms with van der Waals surface area (Å²) in [6.07, 6.45) is 1.48. The Balaban J connectivity index is 1.67. The second kappa shape index (κ2) is 7.82. The number of fused-ring (bicyclic) bond motifs is 4. The Morgan fingerprint density at radius 1 is 0.941 bits per heavy atom. The summed E-state index contributed by atoms with van der Waals surface area (Å²) < 4.78 is 25.4. The first kappa shape index (κ1) is 20.6. The van der Waals surface area contributed by atoms with Gasteiger partial charge in [-0.25, -0.2) is 9.37 Å². The number of rotatable bonds is 2. The predicted octanol–water partition coefficient (Wildman–Crippen LogP) is 7.18. The van der Waals surface area contributed by atoms with E-state index in [-0.39, 0.29) is 17.9 Å². The molecule has 0 saturated carbocycles. The Kier molecular flexibility index (Phi) is 4.74. The minimum absolute atomic E-state index is 0.139. The van der Waals surface area contributed by atoms with Crippen LogP contribution in [0.15, 0.2) is 82.2 Å². The van der Waals surface area contributed by atoms with Gasteiger partial charge in [-0.2, -0.15) is 0 Å². The van der Waals surface area contributed by atoms with Crippen LogP contribution in [0.5, 0.6) is 5.75 Å². The normalized spacial score (nSPS) is 12.2. The summed E-state index contributed by atoms with van der Waals surface area (Å²) >= 11 is 6.29. The summed E-state index contributed by atoms with van der Waals surface area (Å²) in [6.45, 7) is 2.17. The molecular formula is C28H17ClFNO3. The minimum atomic E-state index is -0.335. The molecule has 0 bridgehead atoms. The molecule has 0 atom stereocenters. The molecule has 1 aliphatic heterocycles. The molecule has 0 unspecified atom stereocenters. The van der Waals surface area contributed by atoms with Crippen molar-refractivity contribution in [1.29, 1.82) is 0 Å². The van der Waals surface area contributed by atoms with Gasteiger partial charge >= 0.3 is 0 Å². The van der Waals surface area contributed by atoms with Gasteiger partial charge in [0.1, 0.15) is 30.0 Å². The molecule has 3 aromatic carbocycles. The monoisotopic (exact) mass is 469 g/mol. The highest BCUT2D eigenvalue weighted by molar-refractivity contribution is 6.31. The maximum atomic E-state index is 13.6. The molecule has 6 heteroatoms. The minimum Gasteiger partial charge on any atom is -0.488 e. The Bertz CT molecular complexity index is 1660. The van der Waals surface area contributed by atoms with Crippen LogP contribution < -0.4 is 10.2 Å². The van der Waals surface area contributed by atoms with E-state index in [4.69, 9.17) is 25.7 Å². The summed E-state index contributed by atoms with van der Waals surface area (Å²) in [5, 5.41) is 1.05. The SMILES string of the molecule is Cc1ccc2occ(-c3cc(-c4ccc(F)cc4)nc4c3COc3ccc(Cl)cc3-4)c(=O)c2c1. The van der Waals surface area contributed by atoms with E-state index in [9.17, 15) is 9.18 Å². The van der Waals surface area contributed by atoms with Crippen molar-refractivity contribution < 1.29 is 13.5 Å². The highest BCUT2D eigenvalue weighted by Gasteiger charge is 2.25. The van der Waals surface area contributed by atoms with Gasteiger partial charge in [0, 0.05) is 21.7 Å². The van der Waals surface area contributed by atoms with Gasteiger partial charge in [-0.05, 0) is 73.2 Å². The van der Waals surface area contributed by atoms with Crippen LogP contribution in [0.25, 0.3) is 44.6 Å². The Morgan fingerprint density at radius 3 is 2.59 bits per heavy atom. The van der Waals surface area contributed by atoms with Crippen molar-refractivity contribution in [3.63, 3.8) is 0 Å². The van der Waals surface area contributed by atoms with Crippen molar-refractivity contribution in [3.05, 3.63) is 105 Å². The number of nitrogens with zero attached hydrogens (tertiary/aromatic N) is 1. The number of ether oxygens (including phenoxy) is 1. The van der Waals surface area contributed by atoms with E-state index in [2.05, 4.69) is 0 Å². The topological polar surface area (TPSA) is 52.3 Å². The average Bonchev–Trinajstić information content (AvgIpc) is 2.84. The molecule has 166 valence electrons. The van der Waals surface area contributed by atoms with Crippen molar-refractivity contribution in [3.8, 4) is 39.4 Å². The fourth-order valence-electron chi connectivity index (χ4n) is 4.34. The lowest BCUT2D eigenvalue weighted by Gasteiger charge is -2.23. The predicted molar refractivity (Wildman–Crippen MR) is 131 cm³/mol. The van der Waals surface area contributed by atoms with Crippen molar-refractivity contribution in [1.82, 2.24) is 4.98 Å². The molecule has 0 fully saturated rings. The van der Waals surface area contributed by atoms with E-state index in [1.165, 1.54) is 18.4 Å². The van der Waals surface area contributed by atoms with Gasteiger partial charge in [-0.15, -0.1) is 0 Å². The fourth-order valence-corrected chi connectivity index (χ4v) is 4.52. The first-order valence-electron chi connectivity index (χ1n) is 10.7. The van der Waals surface area contributed by atoms with E-state index in [0.29, 0.717) is 44.3 Å². The van der Waals surface area contributed by atoms with Crippen molar-refractivity contribution in [2.75, 3.05) is 0 Å². The van der Waals surface area contributed by atoms with Crippen LogP contribution in [0.2, 0.25) is 5.02 Å². The van der Waals surface area contributed by atoms with Gasteiger partial charge in [-0.1, -0.05) is 23.2 Å². The van der Waals surface area contributed by atoms with Crippen LogP contribution in [0.4, 0.5) is 4.39 Å². The third-order valence-electron chi connectivity index (χ3n) is 6.05. The standard InChI is InChI=1S/C28H17ClFNO3/c1-15-2-8-26-21(10-15)28(32)23(14-34-26)19-12-24(16-3-6-18(30)7-4-16)31-27-20-11-17(29)5-9-25(20)33-13-22(19)27/h2-12,14H,13H2,1H3. The maximum Gasteiger partial charge on any atom is 0.200 e. The lowest BCUT2D eigenvalue weighted by molar-refractivity contribution is 0.302. The quantitative estimate of drug-likeness (QED) is 0.275. The molecule has 4 nitrogen and oxygen atoms in total. The van der Waals surface area contributed by atoms with E-state index in [1.807, 2.05) is 25.1 Å². The lowest BCUT2D eigenvalue weighted by Crippen LogP contribution is -2.13. The summed E-state index contributed by atoms with van der Waals surface area (Å²) in [7, 11) is 0. The summed E-state index contributed by atoms with van der Waals surface area (Å²) in [5.41, 5.74) is 5.92. The van der Waals surface area contributed by atoms with Crippen LogP contribution in [0, 0.1) is 12.7 Å². The maximum absolute atomic E-state index is 13.6.